The second-order valence-corrected chi connectivity index (χ2v) is 8.40. The first-order chi connectivity index (χ1) is 21.6. The molecule has 1 aliphatic carbocycles. The Kier molecular flexibility index (Phi) is 5.85. The topological polar surface area (TPSA) is 135 Å². The largest absolute Gasteiger partial charge is 0.513 e. The molecule has 0 spiro atoms. The normalized spacial score (nSPS) is 30.2. The maximum Gasteiger partial charge on any atom is 0.513 e. The number of carbonyl (C=O) groups is 3. The molecule has 3 unspecified atom stereocenters. The molecule has 1 aliphatic rings. The Bertz CT molecular complexity index is 1420. The molecule has 0 bridgehead atoms. The first-order valence-corrected chi connectivity index (χ1v) is 10.6. The van der Waals surface area contributed by atoms with Crippen LogP contribution in [0, 0.1) is 11.3 Å². The van der Waals surface area contributed by atoms with Gasteiger partial charge in [0.1, 0.15) is 12.4 Å². The lowest BCUT2D eigenvalue weighted by molar-refractivity contribution is -0.134. The lowest BCUT2D eigenvalue weighted by atomic mass is 9.88. The number of nitrogens with one attached hydrogen (secondary N) is 1. The van der Waals surface area contributed by atoms with Crippen molar-refractivity contribution in [1.29, 1.82) is 0 Å². The average Bonchev–Trinajstić information content (AvgIpc) is 2.90. The fourth-order valence-corrected chi connectivity index (χ4v) is 2.81. The van der Waals surface area contributed by atoms with Crippen molar-refractivity contribution >= 4 is 24.2 Å². The molecule has 3 atom stereocenters. The Morgan fingerprint density at radius 2 is 2.06 bits per heavy atom. The molecule has 0 aliphatic heterocycles. The standard InChI is InChI=1S/C26H36N2O8/c1-26(2,3)22(36-24(27)30)23(29)28-12-13-34-25(31)35-19-10-8-17(9-11-19)6-7-18-14-20(32-4)16-21(15-18)33-5/h6-11,14,18,21-22H,12-13,15-16H2,1-5H3,(H2,27,30)(H,28,29)/i4D3,5D3,6D,7D,15D2,18D,21D. The number of hydrogen-bond donors (Lipinski definition) is 2. The van der Waals surface area contributed by atoms with Crippen molar-refractivity contribution in [3.05, 3.63) is 47.7 Å². The maximum absolute atomic E-state index is 12.4. The van der Waals surface area contributed by atoms with Crippen LogP contribution in [0.15, 0.2) is 42.2 Å². The molecule has 1 aromatic rings. The Labute approximate surface area is 228 Å². The number of carbonyl (C=O) groups excluding carboxylic acids is 3. The number of hydrogen-bond acceptors (Lipinski definition) is 8. The van der Waals surface area contributed by atoms with Crippen LogP contribution in [0.1, 0.15) is 55.6 Å². The molecule has 36 heavy (non-hydrogen) atoms. The molecule has 10 nitrogen and oxygen atoms in total. The highest BCUT2D eigenvalue weighted by molar-refractivity contribution is 5.84. The van der Waals surface area contributed by atoms with Crippen molar-refractivity contribution in [2.45, 2.75) is 45.7 Å². The summed E-state index contributed by atoms with van der Waals surface area (Å²) in [6.45, 7) is 4.43. The van der Waals surface area contributed by atoms with Gasteiger partial charge in [0, 0.05) is 28.9 Å². The van der Waals surface area contributed by atoms with E-state index in [1.54, 1.807) is 20.8 Å². The van der Waals surface area contributed by atoms with Gasteiger partial charge >= 0.3 is 12.2 Å². The minimum absolute atomic E-state index is 0.104. The molecule has 2 amide bonds. The number of primary amides is 1. The number of allylic oxidation sites excluding steroid dienone is 2. The summed E-state index contributed by atoms with van der Waals surface area (Å²) in [5, 5.41) is 2.43. The Hall–Kier alpha value is -3.53. The molecule has 0 aromatic heterocycles. The van der Waals surface area contributed by atoms with Crippen LogP contribution >= 0.6 is 0 Å². The second-order valence-electron chi connectivity index (χ2n) is 8.40. The van der Waals surface area contributed by atoms with Crippen molar-refractivity contribution in [2.75, 3.05) is 27.2 Å². The molecule has 3 N–H and O–H groups in total. The monoisotopic (exact) mass is 516 g/mol. The molecule has 10 heteroatoms. The fourth-order valence-electron chi connectivity index (χ4n) is 2.81. The van der Waals surface area contributed by atoms with Crippen LogP contribution < -0.4 is 15.8 Å². The lowest BCUT2D eigenvalue weighted by Crippen LogP contribution is -2.47. The van der Waals surface area contributed by atoms with Gasteiger partial charge in [-0.25, -0.2) is 9.59 Å². The summed E-state index contributed by atoms with van der Waals surface area (Å²) in [6.07, 6.45) is -10.5. The highest BCUT2D eigenvalue weighted by Crippen LogP contribution is 2.27. The molecule has 2 rings (SSSR count). The Balaban J connectivity index is 2.22. The van der Waals surface area contributed by atoms with Gasteiger partial charge in [0.2, 0.25) is 0 Å². The fraction of sp³-hybridized carbons (Fsp3) is 0.500. The van der Waals surface area contributed by atoms with E-state index in [4.69, 9.17) is 45.9 Å². The minimum Gasteiger partial charge on any atom is -0.501 e. The van der Waals surface area contributed by atoms with Crippen LogP contribution in [0.25, 0.3) is 6.05 Å². The molecule has 0 fully saturated rings. The van der Waals surface area contributed by atoms with Crippen molar-refractivity contribution in [1.82, 2.24) is 5.32 Å². The van der Waals surface area contributed by atoms with Gasteiger partial charge in [0.05, 0.1) is 37.8 Å². The number of benzene rings is 1. The van der Waals surface area contributed by atoms with Crippen LogP contribution in [0.3, 0.4) is 0 Å². The van der Waals surface area contributed by atoms with Gasteiger partial charge in [-0.1, -0.05) is 45.0 Å². The summed E-state index contributed by atoms with van der Waals surface area (Å²) in [5.41, 5.74) is 4.12. The predicted octanol–water partition coefficient (Wildman–Crippen LogP) is 3.80. The van der Waals surface area contributed by atoms with Gasteiger partial charge in [-0.2, -0.15) is 0 Å². The van der Waals surface area contributed by atoms with Crippen molar-refractivity contribution in [3.8, 4) is 5.75 Å². The van der Waals surface area contributed by atoms with Gasteiger partial charge < -0.3 is 34.7 Å². The van der Waals surface area contributed by atoms with Gasteiger partial charge in [-0.15, -0.1) is 0 Å². The van der Waals surface area contributed by atoms with Crippen molar-refractivity contribution in [2.24, 2.45) is 17.0 Å². The van der Waals surface area contributed by atoms with E-state index < -0.39 is 86.4 Å². The number of methoxy groups -OCH3 is 2. The molecular formula is C26H36N2O8. The molecule has 198 valence electrons. The number of amides is 2. The minimum atomic E-state index is -3.37. The summed E-state index contributed by atoms with van der Waals surface area (Å²) < 4.78 is 120. The van der Waals surface area contributed by atoms with E-state index in [9.17, 15) is 14.4 Å². The van der Waals surface area contributed by atoms with Gasteiger partial charge in [-0.05, 0) is 30.1 Å². The van der Waals surface area contributed by atoms with Crippen LogP contribution in [-0.2, 0) is 23.7 Å². The van der Waals surface area contributed by atoms with E-state index in [-0.39, 0.29) is 24.5 Å². The van der Waals surface area contributed by atoms with Crippen LogP contribution in [0.4, 0.5) is 9.59 Å². The van der Waals surface area contributed by atoms with Gasteiger partial charge in [-0.3, -0.25) is 4.79 Å². The lowest BCUT2D eigenvalue weighted by Gasteiger charge is -2.28. The predicted molar refractivity (Wildman–Crippen MR) is 133 cm³/mol. The smallest absolute Gasteiger partial charge is 0.501 e. The third-order valence-corrected chi connectivity index (χ3v) is 4.45. The molecule has 1 aromatic carbocycles. The summed E-state index contributed by atoms with van der Waals surface area (Å²) >= 11 is 0. The summed E-state index contributed by atoms with van der Waals surface area (Å²) in [6, 6.07) is 2.80. The van der Waals surface area contributed by atoms with Crippen LogP contribution in [-0.4, -0.2) is 57.6 Å². The number of ether oxygens (including phenoxy) is 5. The van der Waals surface area contributed by atoms with Crippen LogP contribution in [0.5, 0.6) is 5.75 Å². The first kappa shape index (κ1) is 15.6. The summed E-state index contributed by atoms with van der Waals surface area (Å²) in [4.78, 5) is 35.6. The summed E-state index contributed by atoms with van der Waals surface area (Å²) in [5.74, 6) is -4.55. The highest BCUT2D eigenvalue weighted by atomic mass is 16.7. The van der Waals surface area contributed by atoms with E-state index in [1.807, 2.05) is 0 Å². The van der Waals surface area contributed by atoms with E-state index in [1.165, 1.54) is 24.3 Å². The summed E-state index contributed by atoms with van der Waals surface area (Å²) in [7, 11) is -6.51. The Morgan fingerprint density at radius 1 is 1.31 bits per heavy atom. The zero-order chi connectivity index (χ0) is 37.1. The average molecular weight is 517 g/mol. The zero-order valence-electron chi connectivity index (χ0n) is 31.9. The SMILES string of the molecule is [2H]C(=C([2H])C1([2H])C=C(OC([2H])([2H])[2H])CC([2H])(OC([2H])([2H])[2H])C1([2H])[2H])c1ccc(OC(=O)OCCNC(=O)C(OC(N)=O)C(C)(C)C)cc1. The third kappa shape index (κ3) is 9.61. The molecule has 0 saturated carbocycles. The van der Waals surface area contributed by atoms with E-state index in [2.05, 4.69) is 5.32 Å². The van der Waals surface area contributed by atoms with E-state index in [0.717, 1.165) is 0 Å². The van der Waals surface area contributed by atoms with Gasteiger partial charge in [0.15, 0.2) is 6.10 Å². The maximum atomic E-state index is 12.4. The molecular weight excluding hydrogens is 468 g/mol. The quantitative estimate of drug-likeness (QED) is 0.272. The number of rotatable bonds is 10. The molecule has 0 saturated heterocycles. The zero-order valence-corrected chi connectivity index (χ0v) is 19.9. The van der Waals surface area contributed by atoms with Crippen molar-refractivity contribution < 1.29 is 54.5 Å². The third-order valence-electron chi connectivity index (χ3n) is 4.45. The first-order valence-electron chi connectivity index (χ1n) is 16.6. The number of nitrogens with two attached hydrogens (primary N) is 1. The van der Waals surface area contributed by atoms with Crippen molar-refractivity contribution in [3.63, 3.8) is 0 Å². The van der Waals surface area contributed by atoms with E-state index >= 15 is 0 Å². The molecule has 0 radical (unpaired) electrons. The Morgan fingerprint density at radius 3 is 2.69 bits per heavy atom. The van der Waals surface area contributed by atoms with Gasteiger partial charge in [0.25, 0.3) is 5.91 Å². The molecule has 0 heterocycles. The van der Waals surface area contributed by atoms with E-state index in [0.29, 0.717) is 6.08 Å². The second kappa shape index (κ2) is 13.5. The highest BCUT2D eigenvalue weighted by Gasteiger charge is 2.34. The van der Waals surface area contributed by atoms with Crippen LogP contribution in [0.2, 0.25) is 0 Å².